The third-order valence-electron chi connectivity index (χ3n) is 4.49. The van der Waals surface area contributed by atoms with Crippen molar-refractivity contribution in [2.24, 2.45) is 0 Å². The van der Waals surface area contributed by atoms with Crippen molar-refractivity contribution in [1.82, 2.24) is 0 Å². The second kappa shape index (κ2) is 9.99. The molecule has 0 aliphatic heterocycles. The van der Waals surface area contributed by atoms with Crippen LogP contribution in [0.2, 0.25) is 0 Å². The maximum Gasteiger partial charge on any atom is 0.311 e. The lowest BCUT2D eigenvalue weighted by atomic mass is 10.1. The molecule has 0 N–H and O–H groups in total. The van der Waals surface area contributed by atoms with E-state index in [9.17, 15) is 19.3 Å². The smallest absolute Gasteiger partial charge is 0.311 e. The fraction of sp³-hybridized carbons (Fsp3) is 0.174. The highest BCUT2D eigenvalue weighted by Crippen LogP contribution is 2.30. The largest absolute Gasteiger partial charge is 0.496 e. The number of carbonyl (C=O) groups excluding carboxylic acids is 1. The quantitative estimate of drug-likeness (QED) is 0.180. The molecule has 0 radical (unpaired) electrons. The Morgan fingerprint density at radius 2 is 1.97 bits per heavy atom. The van der Waals surface area contributed by atoms with Gasteiger partial charge in [0.2, 0.25) is 0 Å². The second-order valence-electron chi connectivity index (χ2n) is 6.55. The number of methoxy groups -OCH3 is 1. The first-order valence-corrected chi connectivity index (χ1v) is 10.3. The standard InChI is InChI=1S/C23H20FNO5S/c1-3-18-7-11-23(31-18)20(26)9-4-15-5-10-21(29-2)16(12-15)14-30-22-13-17(24)6-8-19(22)25(27)28/h4-13H,3,14H2,1-2H3/b9-4+. The summed E-state index contributed by atoms with van der Waals surface area (Å²) in [5, 5.41) is 11.1. The number of nitro benzene ring substituents is 1. The molecule has 1 heterocycles. The van der Waals surface area contributed by atoms with Crippen LogP contribution in [0.15, 0.2) is 54.6 Å². The summed E-state index contributed by atoms with van der Waals surface area (Å²) < 4.78 is 24.4. The molecule has 3 rings (SSSR count). The van der Waals surface area contributed by atoms with E-state index in [1.165, 1.54) is 24.5 Å². The number of allylic oxidation sites excluding steroid dienone is 1. The minimum Gasteiger partial charge on any atom is -0.496 e. The van der Waals surface area contributed by atoms with Crippen molar-refractivity contribution < 1.29 is 23.6 Å². The van der Waals surface area contributed by atoms with Crippen LogP contribution in [0.25, 0.3) is 6.08 Å². The Kier molecular flexibility index (Phi) is 7.15. The number of nitrogens with zero attached hydrogens (tertiary/aromatic N) is 1. The first-order valence-electron chi connectivity index (χ1n) is 9.46. The van der Waals surface area contributed by atoms with Crippen LogP contribution < -0.4 is 9.47 Å². The van der Waals surface area contributed by atoms with Gasteiger partial charge in [0.25, 0.3) is 0 Å². The zero-order chi connectivity index (χ0) is 22.4. The fourth-order valence-electron chi connectivity index (χ4n) is 2.88. The maximum atomic E-state index is 13.5. The van der Waals surface area contributed by atoms with Crippen LogP contribution in [0.3, 0.4) is 0 Å². The van der Waals surface area contributed by atoms with Gasteiger partial charge in [0.05, 0.1) is 16.9 Å². The van der Waals surface area contributed by atoms with Gasteiger partial charge < -0.3 is 9.47 Å². The molecule has 0 saturated carbocycles. The van der Waals surface area contributed by atoms with Crippen LogP contribution in [0.4, 0.5) is 10.1 Å². The van der Waals surface area contributed by atoms with Crippen LogP contribution >= 0.6 is 11.3 Å². The molecule has 8 heteroatoms. The zero-order valence-corrected chi connectivity index (χ0v) is 17.8. The number of halogens is 1. The minimum atomic E-state index is -0.637. The van der Waals surface area contributed by atoms with E-state index < -0.39 is 10.7 Å². The Balaban J connectivity index is 1.79. The molecule has 31 heavy (non-hydrogen) atoms. The number of hydrogen-bond donors (Lipinski definition) is 0. The van der Waals surface area contributed by atoms with E-state index in [2.05, 4.69) is 0 Å². The molecule has 0 spiro atoms. The molecule has 0 saturated heterocycles. The van der Waals surface area contributed by atoms with Gasteiger partial charge in [-0.05, 0) is 48.4 Å². The van der Waals surface area contributed by atoms with Crippen LogP contribution in [0.1, 0.15) is 32.6 Å². The molecular formula is C23H20FNO5S. The van der Waals surface area contributed by atoms with Crippen molar-refractivity contribution in [1.29, 1.82) is 0 Å². The lowest BCUT2D eigenvalue weighted by molar-refractivity contribution is -0.386. The number of thiophene rings is 1. The number of nitro groups is 1. The normalized spacial score (nSPS) is 10.9. The number of hydrogen-bond acceptors (Lipinski definition) is 6. The molecule has 0 unspecified atom stereocenters. The van der Waals surface area contributed by atoms with Crippen molar-refractivity contribution >= 4 is 28.9 Å². The van der Waals surface area contributed by atoms with Gasteiger partial charge in [0.15, 0.2) is 11.5 Å². The van der Waals surface area contributed by atoms with Crippen LogP contribution in [-0.2, 0) is 13.0 Å². The average Bonchev–Trinajstić information content (AvgIpc) is 3.25. The molecule has 0 aliphatic carbocycles. The van der Waals surface area contributed by atoms with Crippen molar-refractivity contribution in [3.8, 4) is 11.5 Å². The fourth-order valence-corrected chi connectivity index (χ4v) is 3.75. The second-order valence-corrected chi connectivity index (χ2v) is 7.71. The molecule has 0 aliphatic rings. The van der Waals surface area contributed by atoms with E-state index in [1.807, 2.05) is 19.1 Å². The number of ether oxygens (including phenoxy) is 2. The SMILES string of the molecule is CCc1ccc(C(=O)/C=C/c2ccc(OC)c(COc3cc(F)ccc3[N+](=O)[O-])c2)s1. The Morgan fingerprint density at radius 3 is 2.65 bits per heavy atom. The van der Waals surface area contributed by atoms with Gasteiger partial charge in [-0.1, -0.05) is 19.1 Å². The topological polar surface area (TPSA) is 78.7 Å². The van der Waals surface area contributed by atoms with Gasteiger partial charge >= 0.3 is 5.69 Å². The van der Waals surface area contributed by atoms with E-state index in [1.54, 1.807) is 24.3 Å². The Morgan fingerprint density at radius 1 is 1.16 bits per heavy atom. The Labute approximate surface area is 182 Å². The third-order valence-corrected chi connectivity index (χ3v) is 5.73. The highest BCUT2D eigenvalue weighted by molar-refractivity contribution is 7.14. The van der Waals surface area contributed by atoms with E-state index in [0.717, 1.165) is 35.1 Å². The summed E-state index contributed by atoms with van der Waals surface area (Å²) in [5.41, 5.74) is 0.998. The van der Waals surface area contributed by atoms with Gasteiger partial charge in [0, 0.05) is 22.6 Å². The number of benzene rings is 2. The Bertz CT molecular complexity index is 1140. The number of rotatable bonds is 9. The van der Waals surface area contributed by atoms with E-state index in [0.29, 0.717) is 16.2 Å². The number of aryl methyl sites for hydroxylation is 1. The number of ketones is 1. The van der Waals surface area contributed by atoms with Crippen LogP contribution in [-0.4, -0.2) is 17.8 Å². The molecule has 0 bridgehead atoms. The summed E-state index contributed by atoms with van der Waals surface area (Å²) in [5.74, 6) is -0.391. The molecule has 1 aromatic heterocycles. The monoisotopic (exact) mass is 441 g/mol. The summed E-state index contributed by atoms with van der Waals surface area (Å²) in [6, 6.07) is 12.0. The van der Waals surface area contributed by atoms with Crippen molar-refractivity contribution in [2.45, 2.75) is 20.0 Å². The summed E-state index contributed by atoms with van der Waals surface area (Å²) in [7, 11) is 1.49. The summed E-state index contributed by atoms with van der Waals surface area (Å²) in [6.07, 6.45) is 4.06. The first-order chi connectivity index (χ1) is 14.9. The average molecular weight is 441 g/mol. The molecule has 160 valence electrons. The van der Waals surface area contributed by atoms with Gasteiger partial charge in [-0.15, -0.1) is 11.3 Å². The van der Waals surface area contributed by atoms with Gasteiger partial charge in [-0.2, -0.15) is 0 Å². The molecule has 2 aromatic carbocycles. The lowest BCUT2D eigenvalue weighted by Gasteiger charge is -2.11. The van der Waals surface area contributed by atoms with Gasteiger partial charge in [-0.3, -0.25) is 14.9 Å². The van der Waals surface area contributed by atoms with Gasteiger partial charge in [-0.25, -0.2) is 4.39 Å². The van der Waals surface area contributed by atoms with Gasteiger partial charge in [0.1, 0.15) is 18.2 Å². The van der Waals surface area contributed by atoms with Crippen LogP contribution in [0.5, 0.6) is 11.5 Å². The highest BCUT2D eigenvalue weighted by atomic mass is 32.1. The zero-order valence-electron chi connectivity index (χ0n) is 17.0. The summed E-state index contributed by atoms with van der Waals surface area (Å²) in [6.45, 7) is 1.96. The first kappa shape index (κ1) is 22.2. The van der Waals surface area contributed by atoms with E-state index in [4.69, 9.17) is 9.47 Å². The van der Waals surface area contributed by atoms with E-state index in [-0.39, 0.29) is 23.8 Å². The lowest BCUT2D eigenvalue weighted by Crippen LogP contribution is -2.02. The molecule has 0 atom stereocenters. The van der Waals surface area contributed by atoms with Crippen LogP contribution in [0, 0.1) is 15.9 Å². The minimum absolute atomic E-state index is 0.0755. The van der Waals surface area contributed by atoms with Crippen molar-refractivity contribution in [3.63, 3.8) is 0 Å². The predicted octanol–water partition coefficient (Wildman–Crippen LogP) is 5.84. The maximum absolute atomic E-state index is 13.5. The highest BCUT2D eigenvalue weighted by Gasteiger charge is 2.17. The molecular weight excluding hydrogens is 421 g/mol. The molecule has 0 amide bonds. The van der Waals surface area contributed by atoms with Crippen molar-refractivity contribution in [2.75, 3.05) is 7.11 Å². The predicted molar refractivity (Wildman–Crippen MR) is 117 cm³/mol. The summed E-state index contributed by atoms with van der Waals surface area (Å²) in [4.78, 5) is 24.7. The van der Waals surface area contributed by atoms with E-state index >= 15 is 0 Å². The Hall–Kier alpha value is -3.52. The molecule has 6 nitrogen and oxygen atoms in total. The molecule has 0 fully saturated rings. The molecule has 3 aromatic rings. The third kappa shape index (κ3) is 5.55. The summed E-state index contributed by atoms with van der Waals surface area (Å²) >= 11 is 1.47. The number of carbonyl (C=O) groups is 1. The van der Waals surface area contributed by atoms with Crippen molar-refractivity contribution in [3.05, 3.63) is 91.4 Å².